The van der Waals surface area contributed by atoms with Crippen LogP contribution in [0.1, 0.15) is 26.2 Å². The minimum absolute atomic E-state index is 0.108. The molecule has 3 nitrogen and oxygen atoms in total. The molecule has 0 aromatic carbocycles. The molecule has 1 aliphatic heterocycles. The van der Waals surface area contributed by atoms with E-state index in [4.69, 9.17) is 14.5 Å². The van der Waals surface area contributed by atoms with Crippen LogP contribution in [0.4, 0.5) is 0 Å². The molecule has 2 atom stereocenters. The van der Waals surface area contributed by atoms with Crippen LogP contribution in [0.25, 0.3) is 0 Å². The van der Waals surface area contributed by atoms with Crippen LogP contribution in [-0.2, 0) is 14.5 Å². The lowest BCUT2D eigenvalue weighted by atomic mass is 10.1. The third-order valence-electron chi connectivity index (χ3n) is 1.83. The smallest absolute Gasteiger partial charge is 0.210 e. The normalized spacial score (nSPS) is 29.2. The second-order valence-electron chi connectivity index (χ2n) is 2.86. The summed E-state index contributed by atoms with van der Waals surface area (Å²) in [5, 5.41) is 0. The molecule has 0 N–H and O–H groups in total. The molecule has 1 rings (SSSR count). The lowest BCUT2D eigenvalue weighted by Gasteiger charge is -2.21. The van der Waals surface area contributed by atoms with Crippen LogP contribution in [0.3, 0.4) is 0 Å². The van der Waals surface area contributed by atoms with E-state index in [1.54, 1.807) is 7.11 Å². The Morgan fingerprint density at radius 1 is 1.33 bits per heavy atom. The molecule has 1 aliphatic rings. The van der Waals surface area contributed by atoms with Gasteiger partial charge in [0, 0.05) is 7.11 Å². The first kappa shape index (κ1) is 9.71. The second-order valence-corrected chi connectivity index (χ2v) is 2.86. The summed E-state index contributed by atoms with van der Waals surface area (Å²) in [5.41, 5.74) is 0. The second kappa shape index (κ2) is 5.30. The molecule has 0 bridgehead atoms. The van der Waals surface area contributed by atoms with E-state index in [0.717, 1.165) is 12.8 Å². The Hall–Kier alpha value is -0.380. The molecule has 0 aromatic heterocycles. The van der Waals surface area contributed by atoms with E-state index < -0.39 is 0 Å². The molecule has 3 heteroatoms. The highest BCUT2D eigenvalue weighted by Gasteiger charge is 2.15. The molecular weight excluding hydrogens is 156 g/mol. The Balaban J connectivity index is 2.23. The number of unbranched alkanes of at least 4 members (excludes halogenated alkanes) is 1. The number of hydrogen-bond donors (Lipinski definition) is 0. The highest BCUT2D eigenvalue weighted by atomic mass is 17.2. The zero-order chi connectivity index (χ0) is 8.81. The van der Waals surface area contributed by atoms with Crippen molar-refractivity contribution in [3.8, 4) is 0 Å². The first-order valence-electron chi connectivity index (χ1n) is 4.40. The quantitative estimate of drug-likeness (QED) is 0.479. The van der Waals surface area contributed by atoms with Crippen LogP contribution in [0.2, 0.25) is 0 Å². The summed E-state index contributed by atoms with van der Waals surface area (Å²) in [6, 6.07) is 0. The fourth-order valence-electron chi connectivity index (χ4n) is 1.07. The summed E-state index contributed by atoms with van der Waals surface area (Å²) >= 11 is 0. The maximum atomic E-state index is 5.07. The van der Waals surface area contributed by atoms with Crippen LogP contribution in [0.5, 0.6) is 0 Å². The van der Waals surface area contributed by atoms with Crippen molar-refractivity contribution in [1.82, 2.24) is 0 Å². The van der Waals surface area contributed by atoms with E-state index >= 15 is 0 Å². The van der Waals surface area contributed by atoms with Gasteiger partial charge in [-0.15, -0.1) is 0 Å². The largest absolute Gasteiger partial charge is 0.350 e. The third-order valence-corrected chi connectivity index (χ3v) is 1.83. The fourth-order valence-corrected chi connectivity index (χ4v) is 1.07. The van der Waals surface area contributed by atoms with Crippen molar-refractivity contribution in [3.63, 3.8) is 0 Å². The molecule has 0 unspecified atom stereocenters. The lowest BCUT2D eigenvalue weighted by molar-refractivity contribution is -0.383. The SMILES string of the molecule is CCCC[C@H]1C=C[C@H](OC)OO1. The van der Waals surface area contributed by atoms with Gasteiger partial charge in [-0.1, -0.05) is 25.8 Å². The summed E-state index contributed by atoms with van der Waals surface area (Å²) in [6.07, 6.45) is 7.01. The van der Waals surface area contributed by atoms with Gasteiger partial charge in [-0.25, -0.2) is 4.89 Å². The molecule has 0 aromatic rings. The Morgan fingerprint density at radius 3 is 2.67 bits per heavy atom. The maximum Gasteiger partial charge on any atom is 0.210 e. The first-order chi connectivity index (χ1) is 5.86. The molecule has 0 aliphatic carbocycles. The average Bonchev–Trinajstić information content (AvgIpc) is 2.15. The van der Waals surface area contributed by atoms with Gasteiger partial charge in [0.15, 0.2) is 0 Å². The zero-order valence-electron chi connectivity index (χ0n) is 7.66. The van der Waals surface area contributed by atoms with Crippen molar-refractivity contribution < 1.29 is 14.5 Å². The molecule has 0 fully saturated rings. The van der Waals surface area contributed by atoms with Crippen molar-refractivity contribution in [2.75, 3.05) is 7.11 Å². The van der Waals surface area contributed by atoms with Gasteiger partial charge in [0.05, 0.1) is 0 Å². The van der Waals surface area contributed by atoms with Crippen molar-refractivity contribution in [3.05, 3.63) is 12.2 Å². The third kappa shape index (κ3) is 2.93. The Morgan fingerprint density at radius 2 is 2.17 bits per heavy atom. The molecule has 0 spiro atoms. The van der Waals surface area contributed by atoms with Crippen LogP contribution < -0.4 is 0 Å². The van der Waals surface area contributed by atoms with Gasteiger partial charge in [-0.05, 0) is 12.5 Å². The molecule has 12 heavy (non-hydrogen) atoms. The van der Waals surface area contributed by atoms with E-state index in [0.29, 0.717) is 0 Å². The highest BCUT2D eigenvalue weighted by Crippen LogP contribution is 2.14. The zero-order valence-corrected chi connectivity index (χ0v) is 7.66. The minimum Gasteiger partial charge on any atom is -0.350 e. The number of rotatable bonds is 4. The molecule has 0 radical (unpaired) electrons. The monoisotopic (exact) mass is 172 g/mol. The Kier molecular flexibility index (Phi) is 4.29. The minimum atomic E-state index is -0.331. The molecule has 0 amide bonds. The van der Waals surface area contributed by atoms with Crippen LogP contribution in [0, 0.1) is 0 Å². The predicted octanol–water partition coefficient (Wildman–Crippen LogP) is 2.04. The van der Waals surface area contributed by atoms with Gasteiger partial charge in [0.25, 0.3) is 0 Å². The summed E-state index contributed by atoms with van der Waals surface area (Å²) in [7, 11) is 1.59. The van der Waals surface area contributed by atoms with E-state index in [1.165, 1.54) is 6.42 Å². The molecule has 0 saturated carbocycles. The fraction of sp³-hybridized carbons (Fsp3) is 0.778. The van der Waals surface area contributed by atoms with Crippen LogP contribution in [-0.4, -0.2) is 19.5 Å². The van der Waals surface area contributed by atoms with Gasteiger partial charge in [-0.3, -0.25) is 0 Å². The van der Waals surface area contributed by atoms with Gasteiger partial charge < -0.3 is 4.74 Å². The Bertz CT molecular complexity index is 145. The maximum absolute atomic E-state index is 5.07. The summed E-state index contributed by atoms with van der Waals surface area (Å²) < 4.78 is 4.91. The van der Waals surface area contributed by atoms with Gasteiger partial charge in [0.2, 0.25) is 6.29 Å². The van der Waals surface area contributed by atoms with E-state index in [2.05, 4.69) is 6.92 Å². The van der Waals surface area contributed by atoms with Gasteiger partial charge >= 0.3 is 0 Å². The summed E-state index contributed by atoms with van der Waals surface area (Å²) in [6.45, 7) is 2.16. The standard InChI is InChI=1S/C9H16O3/c1-3-4-5-8-6-7-9(10-2)12-11-8/h6-9H,3-5H2,1-2H3/t8-,9+/m0/s1. The number of hydrogen-bond acceptors (Lipinski definition) is 3. The number of methoxy groups -OCH3 is 1. The topological polar surface area (TPSA) is 27.7 Å². The van der Waals surface area contributed by atoms with Crippen LogP contribution >= 0.6 is 0 Å². The van der Waals surface area contributed by atoms with Gasteiger partial charge in [-0.2, -0.15) is 4.89 Å². The van der Waals surface area contributed by atoms with Gasteiger partial charge in [0.1, 0.15) is 6.10 Å². The average molecular weight is 172 g/mol. The molecule has 1 heterocycles. The van der Waals surface area contributed by atoms with E-state index in [-0.39, 0.29) is 12.4 Å². The Labute approximate surface area is 73.2 Å². The van der Waals surface area contributed by atoms with E-state index in [1.807, 2.05) is 12.2 Å². The predicted molar refractivity (Wildman–Crippen MR) is 45.4 cm³/mol. The van der Waals surface area contributed by atoms with Crippen LogP contribution in [0.15, 0.2) is 12.2 Å². The molecular formula is C9H16O3. The van der Waals surface area contributed by atoms with Crippen molar-refractivity contribution in [2.45, 2.75) is 38.6 Å². The molecule has 0 saturated heterocycles. The van der Waals surface area contributed by atoms with Crippen molar-refractivity contribution >= 4 is 0 Å². The van der Waals surface area contributed by atoms with Crippen molar-refractivity contribution in [1.29, 1.82) is 0 Å². The summed E-state index contributed by atoms with van der Waals surface area (Å²) in [4.78, 5) is 10.00. The van der Waals surface area contributed by atoms with Crippen molar-refractivity contribution in [2.24, 2.45) is 0 Å². The van der Waals surface area contributed by atoms with E-state index in [9.17, 15) is 0 Å². The lowest BCUT2D eigenvalue weighted by Crippen LogP contribution is -2.23. The summed E-state index contributed by atoms with van der Waals surface area (Å²) in [5.74, 6) is 0. The highest BCUT2D eigenvalue weighted by molar-refractivity contribution is 4.93. The number of ether oxygens (including phenoxy) is 1. The molecule has 70 valence electrons. The first-order valence-corrected chi connectivity index (χ1v) is 4.40.